The lowest BCUT2D eigenvalue weighted by Crippen LogP contribution is -2.48. The molecular weight excluding hydrogens is 428 g/mol. The number of hydrogen-bond donors (Lipinski definition) is 1. The summed E-state index contributed by atoms with van der Waals surface area (Å²) in [4.78, 5) is 32.4. The van der Waals surface area contributed by atoms with Crippen molar-refractivity contribution in [3.05, 3.63) is 40.9 Å². The Hall–Kier alpha value is -2.85. The Balaban J connectivity index is 1.48. The molecule has 1 atom stereocenters. The Morgan fingerprint density at radius 1 is 1.28 bits per heavy atom. The van der Waals surface area contributed by atoms with Gasteiger partial charge in [0.25, 0.3) is 12.0 Å². The van der Waals surface area contributed by atoms with E-state index in [4.69, 9.17) is 10.5 Å². The summed E-state index contributed by atoms with van der Waals surface area (Å²) in [6.45, 7) is 1.87. The maximum absolute atomic E-state index is 13.3. The van der Waals surface area contributed by atoms with Crippen molar-refractivity contribution in [1.29, 1.82) is 0 Å². The summed E-state index contributed by atoms with van der Waals surface area (Å²) < 4.78 is 8.46. The second-order valence-corrected chi connectivity index (χ2v) is 9.66. The van der Waals surface area contributed by atoms with Crippen LogP contribution in [0.4, 0.5) is 5.95 Å². The normalized spacial score (nSPS) is 20.2. The van der Waals surface area contributed by atoms with Gasteiger partial charge in [0.1, 0.15) is 4.90 Å². The van der Waals surface area contributed by atoms with Crippen molar-refractivity contribution < 1.29 is 9.53 Å². The molecule has 5 rings (SSSR count). The number of ether oxygens (including phenoxy) is 1. The van der Waals surface area contributed by atoms with E-state index in [0.717, 1.165) is 42.8 Å². The van der Waals surface area contributed by atoms with Gasteiger partial charge in [0, 0.05) is 37.3 Å². The molecule has 0 bridgehead atoms. The average Bonchev–Trinajstić information content (AvgIpc) is 3.42. The summed E-state index contributed by atoms with van der Waals surface area (Å²) in [6.07, 6.45) is 8.93. The third-order valence-corrected chi connectivity index (χ3v) is 8.10. The smallest absolute Gasteiger partial charge is 0.299 e. The summed E-state index contributed by atoms with van der Waals surface area (Å²) in [5, 5.41) is 4.23. The molecule has 0 amide bonds. The third-order valence-electron chi connectivity index (χ3n) is 6.98. The van der Waals surface area contributed by atoms with E-state index < -0.39 is 0 Å². The molecule has 3 aromatic heterocycles. The van der Waals surface area contributed by atoms with Gasteiger partial charge >= 0.3 is 0 Å². The molecule has 1 saturated carbocycles. The summed E-state index contributed by atoms with van der Waals surface area (Å²) >= 11 is 1.22. The van der Waals surface area contributed by atoms with Crippen LogP contribution >= 0.6 is 11.8 Å². The van der Waals surface area contributed by atoms with E-state index in [1.54, 1.807) is 22.3 Å². The fourth-order valence-corrected chi connectivity index (χ4v) is 6.14. The van der Waals surface area contributed by atoms with Gasteiger partial charge in [-0.3, -0.25) is 14.2 Å². The molecule has 4 heterocycles. The van der Waals surface area contributed by atoms with E-state index in [2.05, 4.69) is 15.0 Å². The molecule has 1 aliphatic heterocycles. The number of carbonyl (C=O) groups is 1. The van der Waals surface area contributed by atoms with Crippen molar-refractivity contribution in [2.24, 2.45) is 18.2 Å². The van der Waals surface area contributed by atoms with E-state index in [9.17, 15) is 9.59 Å². The van der Waals surface area contributed by atoms with Crippen molar-refractivity contribution in [2.45, 2.75) is 47.9 Å². The van der Waals surface area contributed by atoms with Crippen LogP contribution in [0, 0.1) is 5.41 Å². The SMILES string of the molecule is Cn1c(N2CCC3(CCC[C@H]3N)CC2)nc(OC=O)c(Sc2cccn3nccc23)c1=O. The van der Waals surface area contributed by atoms with E-state index in [1.165, 1.54) is 24.6 Å². The summed E-state index contributed by atoms with van der Waals surface area (Å²) in [5.41, 5.74) is 7.22. The van der Waals surface area contributed by atoms with Gasteiger partial charge in [-0.15, -0.1) is 0 Å². The Kier molecular flexibility index (Phi) is 5.42. The monoisotopic (exact) mass is 454 g/mol. The maximum Gasteiger partial charge on any atom is 0.299 e. The van der Waals surface area contributed by atoms with Gasteiger partial charge in [-0.05, 0) is 49.3 Å². The fourth-order valence-electron chi connectivity index (χ4n) is 5.11. The van der Waals surface area contributed by atoms with Crippen molar-refractivity contribution in [2.75, 3.05) is 18.0 Å². The fraction of sp³-hybridized carbons (Fsp3) is 0.455. The minimum absolute atomic E-state index is 0.0301. The highest BCUT2D eigenvalue weighted by molar-refractivity contribution is 7.99. The van der Waals surface area contributed by atoms with Crippen molar-refractivity contribution in [3.63, 3.8) is 0 Å². The number of fused-ring (bicyclic) bond motifs is 1. The predicted octanol–water partition coefficient (Wildman–Crippen LogP) is 2.21. The number of anilines is 1. The van der Waals surface area contributed by atoms with Crippen LogP contribution < -0.4 is 20.9 Å². The van der Waals surface area contributed by atoms with Crippen LogP contribution in [-0.2, 0) is 11.8 Å². The first-order chi connectivity index (χ1) is 15.5. The van der Waals surface area contributed by atoms with Crippen LogP contribution in [0.3, 0.4) is 0 Å². The van der Waals surface area contributed by atoms with Gasteiger partial charge in [-0.1, -0.05) is 18.2 Å². The molecule has 168 valence electrons. The third kappa shape index (κ3) is 3.47. The number of piperidine rings is 1. The van der Waals surface area contributed by atoms with Gasteiger partial charge in [0.2, 0.25) is 11.8 Å². The topological polar surface area (TPSA) is 108 Å². The first-order valence-electron chi connectivity index (χ1n) is 10.8. The highest BCUT2D eigenvalue weighted by Gasteiger charge is 2.43. The zero-order valence-corrected chi connectivity index (χ0v) is 18.8. The van der Waals surface area contributed by atoms with Gasteiger partial charge in [0.15, 0.2) is 0 Å². The Bertz CT molecular complexity index is 1210. The Labute approximate surface area is 189 Å². The van der Waals surface area contributed by atoms with Crippen LogP contribution in [0.5, 0.6) is 5.88 Å². The number of pyridine rings is 1. The molecule has 1 aliphatic carbocycles. The van der Waals surface area contributed by atoms with Crippen LogP contribution in [0.25, 0.3) is 5.52 Å². The molecule has 32 heavy (non-hydrogen) atoms. The summed E-state index contributed by atoms with van der Waals surface area (Å²) in [6, 6.07) is 5.87. The molecule has 0 radical (unpaired) electrons. The molecule has 1 spiro atoms. The van der Waals surface area contributed by atoms with E-state index in [-0.39, 0.29) is 27.8 Å². The molecule has 2 aliphatic rings. The number of carbonyl (C=O) groups excluding carboxylic acids is 1. The van der Waals surface area contributed by atoms with Crippen molar-refractivity contribution >= 4 is 29.7 Å². The van der Waals surface area contributed by atoms with Crippen molar-refractivity contribution in [1.82, 2.24) is 19.2 Å². The molecule has 3 aromatic rings. The number of hydrogen-bond acceptors (Lipinski definition) is 8. The number of nitrogens with two attached hydrogens (primary N) is 1. The maximum atomic E-state index is 13.3. The molecule has 0 unspecified atom stereocenters. The molecule has 1 saturated heterocycles. The lowest BCUT2D eigenvalue weighted by atomic mass is 9.74. The van der Waals surface area contributed by atoms with E-state index in [0.29, 0.717) is 12.4 Å². The van der Waals surface area contributed by atoms with Gasteiger partial charge in [-0.25, -0.2) is 4.52 Å². The van der Waals surface area contributed by atoms with Gasteiger partial charge in [0.05, 0.1) is 11.7 Å². The Morgan fingerprint density at radius 2 is 2.09 bits per heavy atom. The van der Waals surface area contributed by atoms with E-state index in [1.807, 2.05) is 24.4 Å². The second-order valence-electron chi connectivity index (χ2n) is 8.61. The average molecular weight is 455 g/mol. The first kappa shape index (κ1) is 21.0. The van der Waals surface area contributed by atoms with Crippen LogP contribution in [0.15, 0.2) is 45.2 Å². The zero-order valence-electron chi connectivity index (χ0n) is 17.9. The molecule has 0 aromatic carbocycles. The second kappa shape index (κ2) is 8.25. The molecule has 9 nitrogen and oxygen atoms in total. The predicted molar refractivity (Wildman–Crippen MR) is 121 cm³/mol. The first-order valence-corrected chi connectivity index (χ1v) is 11.7. The van der Waals surface area contributed by atoms with Crippen LogP contribution in [0.1, 0.15) is 32.1 Å². The lowest BCUT2D eigenvalue weighted by molar-refractivity contribution is -0.121. The minimum Gasteiger partial charge on any atom is -0.408 e. The minimum atomic E-state index is -0.253. The molecule has 2 N–H and O–H groups in total. The van der Waals surface area contributed by atoms with E-state index >= 15 is 0 Å². The largest absolute Gasteiger partial charge is 0.408 e. The van der Waals surface area contributed by atoms with Crippen LogP contribution in [-0.4, -0.2) is 44.8 Å². The molecular formula is C22H26N6O3S. The van der Waals surface area contributed by atoms with Crippen molar-refractivity contribution in [3.8, 4) is 5.88 Å². The molecule has 2 fully saturated rings. The highest BCUT2D eigenvalue weighted by atomic mass is 32.2. The number of nitrogens with zero attached hydrogens (tertiary/aromatic N) is 5. The number of aromatic nitrogens is 4. The highest BCUT2D eigenvalue weighted by Crippen LogP contribution is 2.46. The zero-order chi connectivity index (χ0) is 22.3. The molecule has 10 heteroatoms. The number of rotatable bonds is 5. The van der Waals surface area contributed by atoms with Gasteiger partial charge < -0.3 is 15.4 Å². The standard InChI is InChI=1S/C22H26N6O3S/c1-26-20(30)18(32-16-4-3-11-28-15(16)6-10-24-28)19(31-14-29)25-21(26)27-12-8-22(9-13-27)7-2-5-17(22)23/h3-4,6,10-11,14,17H,2,5,7-9,12-13,23H2,1H3/t17-/m1/s1. The quantitative estimate of drug-likeness (QED) is 0.585. The van der Waals surface area contributed by atoms with Crippen LogP contribution in [0.2, 0.25) is 0 Å². The summed E-state index contributed by atoms with van der Waals surface area (Å²) in [7, 11) is 1.71. The lowest BCUT2D eigenvalue weighted by Gasteiger charge is -2.42. The Morgan fingerprint density at radius 3 is 2.81 bits per heavy atom. The van der Waals surface area contributed by atoms with Gasteiger partial charge in [-0.2, -0.15) is 10.1 Å². The summed E-state index contributed by atoms with van der Waals surface area (Å²) in [5.74, 6) is 0.544.